The lowest BCUT2D eigenvalue weighted by Gasteiger charge is -2.39. The Balaban J connectivity index is 1.68. The zero-order valence-corrected chi connectivity index (χ0v) is 19.9. The van der Waals surface area contributed by atoms with E-state index in [2.05, 4.69) is 26.1 Å². The van der Waals surface area contributed by atoms with Gasteiger partial charge in [-0.1, -0.05) is 56.1 Å². The Bertz CT molecular complexity index is 1340. The Morgan fingerprint density at radius 1 is 0.938 bits per heavy atom. The van der Waals surface area contributed by atoms with Crippen molar-refractivity contribution in [3.63, 3.8) is 0 Å². The van der Waals surface area contributed by atoms with Crippen LogP contribution in [0.1, 0.15) is 62.3 Å². The van der Waals surface area contributed by atoms with Gasteiger partial charge in [0.15, 0.2) is 5.78 Å². The molecule has 1 aromatic heterocycles. The van der Waals surface area contributed by atoms with Crippen LogP contribution in [0, 0.1) is 5.41 Å². The van der Waals surface area contributed by atoms with Crippen LogP contribution in [0.2, 0.25) is 10.0 Å². The lowest BCUT2D eigenvalue weighted by molar-refractivity contribution is -0.125. The third-order valence-electron chi connectivity index (χ3n) is 7.99. The predicted molar refractivity (Wildman–Crippen MR) is 127 cm³/mol. The van der Waals surface area contributed by atoms with Crippen molar-refractivity contribution in [2.24, 2.45) is 5.41 Å². The molecule has 0 radical (unpaired) electrons. The van der Waals surface area contributed by atoms with Gasteiger partial charge in [0.05, 0.1) is 37.9 Å². The van der Waals surface area contributed by atoms with E-state index in [1.54, 1.807) is 36.4 Å². The van der Waals surface area contributed by atoms with Crippen LogP contribution in [-0.2, 0) is 15.6 Å². The van der Waals surface area contributed by atoms with Gasteiger partial charge >= 0.3 is 0 Å². The summed E-state index contributed by atoms with van der Waals surface area (Å²) in [6, 6.07) is 10.5. The number of carbonyl (C=O) groups excluding carboxylic acids is 2. The fraction of sp³-hybridized carbons (Fsp3) is 0.360. The average molecular weight is 468 g/mol. The number of rotatable bonds is 3. The van der Waals surface area contributed by atoms with E-state index in [-0.39, 0.29) is 17.1 Å². The first-order valence-corrected chi connectivity index (χ1v) is 11.4. The van der Waals surface area contributed by atoms with Crippen molar-refractivity contribution in [2.75, 3.05) is 5.32 Å². The number of Topliss-reactive ketones (excluding diaryl/α,β-unsaturated/α-hetero) is 1. The molecule has 2 bridgehead atoms. The van der Waals surface area contributed by atoms with E-state index < -0.39 is 10.8 Å². The number of aromatic nitrogens is 2. The van der Waals surface area contributed by atoms with E-state index in [4.69, 9.17) is 33.2 Å². The molecule has 1 heterocycles. The zero-order chi connectivity index (χ0) is 23.1. The van der Waals surface area contributed by atoms with E-state index >= 15 is 0 Å². The monoisotopic (exact) mass is 467 g/mol. The largest absolute Gasteiger partial charge is 0.325 e. The van der Waals surface area contributed by atoms with Gasteiger partial charge in [-0.05, 0) is 49.4 Å². The van der Waals surface area contributed by atoms with Crippen molar-refractivity contribution in [3.8, 4) is 0 Å². The molecule has 3 aromatic rings. The van der Waals surface area contributed by atoms with Crippen LogP contribution in [0.4, 0.5) is 5.69 Å². The molecule has 1 N–H and O–H groups in total. The van der Waals surface area contributed by atoms with E-state index in [0.717, 1.165) is 12.1 Å². The van der Waals surface area contributed by atoms with Crippen molar-refractivity contribution in [1.82, 2.24) is 9.97 Å². The van der Waals surface area contributed by atoms with Crippen molar-refractivity contribution in [1.29, 1.82) is 0 Å². The quantitative estimate of drug-likeness (QED) is 0.471. The summed E-state index contributed by atoms with van der Waals surface area (Å²) in [5, 5.41) is 3.91. The number of nitrogens with zero attached hydrogens (tertiary/aromatic N) is 2. The first kappa shape index (κ1) is 21.4. The van der Waals surface area contributed by atoms with Crippen LogP contribution in [0.3, 0.4) is 0 Å². The standard InChI is InChI=1S/C25H23Cl2N3O2/c1-13(31)14-6-5-7-15(10-14)28-22(32)25-9-8-24(4,23(25,2)3)20-21(25)30-19-12-17(27)16(26)11-18(19)29-20/h5-7,10-12H,8-9H2,1-4H3,(H,28,32). The van der Waals surface area contributed by atoms with Gasteiger partial charge in [0, 0.05) is 16.7 Å². The highest BCUT2D eigenvalue weighted by Crippen LogP contribution is 2.70. The lowest BCUT2D eigenvalue weighted by Crippen LogP contribution is -2.48. The summed E-state index contributed by atoms with van der Waals surface area (Å²) in [5.41, 5.74) is 2.43. The molecule has 32 heavy (non-hydrogen) atoms. The fourth-order valence-electron chi connectivity index (χ4n) is 5.65. The second-order valence-electron chi connectivity index (χ2n) is 9.63. The second-order valence-corrected chi connectivity index (χ2v) is 10.4. The number of benzene rings is 2. The summed E-state index contributed by atoms with van der Waals surface area (Å²) in [7, 11) is 0. The molecule has 0 aliphatic heterocycles. The lowest BCUT2D eigenvalue weighted by atomic mass is 9.63. The van der Waals surface area contributed by atoms with Crippen molar-refractivity contribution in [2.45, 2.75) is 51.4 Å². The summed E-state index contributed by atoms with van der Waals surface area (Å²) >= 11 is 12.5. The minimum Gasteiger partial charge on any atom is -0.325 e. The van der Waals surface area contributed by atoms with Crippen molar-refractivity contribution in [3.05, 3.63) is 63.4 Å². The molecule has 1 fully saturated rings. The Kier molecular flexibility index (Phi) is 4.50. The maximum Gasteiger partial charge on any atom is 0.237 e. The van der Waals surface area contributed by atoms with Crippen LogP contribution >= 0.6 is 23.2 Å². The number of hydrogen-bond donors (Lipinski definition) is 1. The van der Waals surface area contributed by atoms with Crippen molar-refractivity contribution >= 4 is 51.6 Å². The van der Waals surface area contributed by atoms with E-state index in [0.29, 0.717) is 44.4 Å². The third kappa shape index (κ3) is 2.58. The van der Waals surface area contributed by atoms with E-state index in [9.17, 15) is 9.59 Å². The predicted octanol–water partition coefficient (Wildman–Crippen LogP) is 6.11. The molecule has 0 saturated heterocycles. The summed E-state index contributed by atoms with van der Waals surface area (Å²) < 4.78 is 0. The molecule has 2 aliphatic carbocycles. The SMILES string of the molecule is CC(=O)c1cccc(NC(=O)C23CCC(C)(c4nc5cc(Cl)c(Cl)cc5nc42)C3(C)C)c1. The molecule has 0 spiro atoms. The molecular formula is C25H23Cl2N3O2. The van der Waals surface area contributed by atoms with E-state index in [1.807, 2.05) is 0 Å². The van der Waals surface area contributed by atoms with Gasteiger partial charge < -0.3 is 5.32 Å². The number of hydrogen-bond acceptors (Lipinski definition) is 4. The molecule has 2 unspecified atom stereocenters. The van der Waals surface area contributed by atoms with Crippen LogP contribution in [-0.4, -0.2) is 21.7 Å². The van der Waals surface area contributed by atoms with Gasteiger partial charge in [0.2, 0.25) is 5.91 Å². The summed E-state index contributed by atoms with van der Waals surface area (Å²) in [5.74, 6) is -0.175. The first-order chi connectivity index (χ1) is 15.0. The molecule has 2 aromatic carbocycles. The number of nitrogens with one attached hydrogen (secondary N) is 1. The molecule has 7 heteroatoms. The third-order valence-corrected chi connectivity index (χ3v) is 8.72. The smallest absolute Gasteiger partial charge is 0.237 e. The number of halogens is 2. The van der Waals surface area contributed by atoms with Gasteiger partial charge in [-0.2, -0.15) is 0 Å². The van der Waals surface area contributed by atoms with Gasteiger partial charge in [0.25, 0.3) is 0 Å². The van der Waals surface area contributed by atoms with Crippen LogP contribution in [0.15, 0.2) is 36.4 Å². The minimum atomic E-state index is -0.851. The van der Waals surface area contributed by atoms with Crippen LogP contribution in [0.5, 0.6) is 0 Å². The van der Waals surface area contributed by atoms with Crippen LogP contribution in [0.25, 0.3) is 11.0 Å². The number of ketones is 1. The van der Waals surface area contributed by atoms with Gasteiger partial charge in [-0.3, -0.25) is 9.59 Å². The Morgan fingerprint density at radius 2 is 1.56 bits per heavy atom. The molecule has 2 aliphatic rings. The first-order valence-electron chi connectivity index (χ1n) is 10.6. The molecule has 164 valence electrons. The van der Waals surface area contributed by atoms with Gasteiger partial charge in [-0.15, -0.1) is 0 Å². The second kappa shape index (κ2) is 6.75. The molecule has 5 nitrogen and oxygen atoms in total. The van der Waals surface area contributed by atoms with Gasteiger partial charge in [-0.25, -0.2) is 9.97 Å². The van der Waals surface area contributed by atoms with E-state index in [1.165, 1.54) is 6.92 Å². The highest BCUT2D eigenvalue weighted by atomic mass is 35.5. The summed E-state index contributed by atoms with van der Waals surface area (Å²) in [4.78, 5) is 35.6. The molecule has 1 saturated carbocycles. The summed E-state index contributed by atoms with van der Waals surface area (Å²) in [6.45, 7) is 7.93. The Hall–Kier alpha value is -2.50. The average Bonchev–Trinajstić information content (AvgIpc) is 3.03. The number of fused-ring (bicyclic) bond motifs is 6. The maximum atomic E-state index is 13.9. The maximum absolute atomic E-state index is 13.9. The zero-order valence-electron chi connectivity index (χ0n) is 18.3. The number of amides is 1. The molecule has 1 amide bonds. The van der Waals surface area contributed by atoms with Gasteiger partial charge in [0.1, 0.15) is 0 Å². The Morgan fingerprint density at radius 3 is 2.19 bits per heavy atom. The fourth-order valence-corrected chi connectivity index (χ4v) is 5.97. The molecule has 5 rings (SSSR count). The Labute approximate surface area is 196 Å². The highest BCUT2D eigenvalue weighted by molar-refractivity contribution is 6.42. The molecular weight excluding hydrogens is 445 g/mol. The molecule has 2 atom stereocenters. The van der Waals surface area contributed by atoms with Crippen LogP contribution < -0.4 is 5.32 Å². The topological polar surface area (TPSA) is 72.0 Å². The highest BCUT2D eigenvalue weighted by Gasteiger charge is 2.73. The van der Waals surface area contributed by atoms with Crippen molar-refractivity contribution < 1.29 is 9.59 Å². The summed E-state index contributed by atoms with van der Waals surface area (Å²) in [6.07, 6.45) is 1.50. The number of anilines is 1. The number of carbonyl (C=O) groups is 2. The minimum absolute atomic E-state index is 0.0490. The normalized spacial score (nSPS) is 25.1.